The number of aliphatic hydroxyl groups excluding tert-OH is 1. The van der Waals surface area contributed by atoms with E-state index in [0.717, 1.165) is 19.5 Å². The molecule has 0 aromatic rings. The van der Waals surface area contributed by atoms with Crippen molar-refractivity contribution in [3.63, 3.8) is 0 Å². The Hall–Kier alpha value is -0.120. The zero-order valence-corrected chi connectivity index (χ0v) is 6.43. The highest BCUT2D eigenvalue weighted by atomic mass is 16.3. The fourth-order valence-electron chi connectivity index (χ4n) is 1.18. The number of rotatable bonds is 2. The van der Waals surface area contributed by atoms with Crippen LogP contribution < -0.4 is 10.6 Å². The molecular weight excluding hydrogens is 128 g/mol. The van der Waals surface area contributed by atoms with Crippen molar-refractivity contribution in [2.45, 2.75) is 25.4 Å². The first-order chi connectivity index (χ1) is 4.86. The molecule has 1 aliphatic rings. The summed E-state index contributed by atoms with van der Waals surface area (Å²) < 4.78 is 0. The van der Waals surface area contributed by atoms with Gasteiger partial charge in [0.15, 0.2) is 0 Å². The SMILES string of the molecule is CC[C@@H]1CN[C@H](CO)CN1. The van der Waals surface area contributed by atoms with Gasteiger partial charge in [0.1, 0.15) is 0 Å². The number of piperazine rings is 1. The molecule has 0 unspecified atom stereocenters. The Kier molecular flexibility index (Phi) is 3.12. The van der Waals surface area contributed by atoms with Crippen LogP contribution in [-0.2, 0) is 0 Å². The Labute approximate surface area is 61.8 Å². The van der Waals surface area contributed by atoms with Crippen LogP contribution in [0.5, 0.6) is 0 Å². The van der Waals surface area contributed by atoms with Crippen molar-refractivity contribution in [1.82, 2.24) is 10.6 Å². The molecule has 1 saturated heterocycles. The minimum Gasteiger partial charge on any atom is -0.395 e. The van der Waals surface area contributed by atoms with Crippen LogP contribution in [0.15, 0.2) is 0 Å². The minimum absolute atomic E-state index is 0.240. The van der Waals surface area contributed by atoms with Gasteiger partial charge in [-0.15, -0.1) is 0 Å². The van der Waals surface area contributed by atoms with Crippen molar-refractivity contribution in [3.8, 4) is 0 Å². The van der Waals surface area contributed by atoms with Crippen LogP contribution in [0.4, 0.5) is 0 Å². The fourth-order valence-corrected chi connectivity index (χ4v) is 1.18. The molecule has 2 atom stereocenters. The maximum atomic E-state index is 8.75. The second-order valence-electron chi connectivity index (χ2n) is 2.80. The van der Waals surface area contributed by atoms with Gasteiger partial charge in [0.2, 0.25) is 0 Å². The summed E-state index contributed by atoms with van der Waals surface area (Å²) in [4.78, 5) is 0. The third-order valence-electron chi connectivity index (χ3n) is 2.02. The maximum absolute atomic E-state index is 8.75. The first-order valence-electron chi connectivity index (χ1n) is 3.94. The first-order valence-corrected chi connectivity index (χ1v) is 3.94. The summed E-state index contributed by atoms with van der Waals surface area (Å²) in [5.41, 5.74) is 0. The third-order valence-corrected chi connectivity index (χ3v) is 2.02. The van der Waals surface area contributed by atoms with Crippen molar-refractivity contribution in [3.05, 3.63) is 0 Å². The maximum Gasteiger partial charge on any atom is 0.0597 e. The molecule has 0 aliphatic carbocycles. The van der Waals surface area contributed by atoms with Crippen molar-refractivity contribution < 1.29 is 5.11 Å². The molecule has 60 valence electrons. The van der Waals surface area contributed by atoms with E-state index in [0.29, 0.717) is 6.04 Å². The van der Waals surface area contributed by atoms with Gasteiger partial charge in [-0.2, -0.15) is 0 Å². The molecule has 1 heterocycles. The second kappa shape index (κ2) is 3.91. The summed E-state index contributed by atoms with van der Waals surface area (Å²) in [5.74, 6) is 0. The van der Waals surface area contributed by atoms with E-state index >= 15 is 0 Å². The highest BCUT2D eigenvalue weighted by Crippen LogP contribution is 1.95. The van der Waals surface area contributed by atoms with E-state index in [1.165, 1.54) is 0 Å². The standard InChI is InChI=1S/C7H16N2O/c1-2-6-3-9-7(5-10)4-8-6/h6-10H,2-5H2,1H3/t6-,7+/m1/s1. The van der Waals surface area contributed by atoms with Crippen molar-refractivity contribution in [1.29, 1.82) is 0 Å². The van der Waals surface area contributed by atoms with E-state index in [1.54, 1.807) is 0 Å². The van der Waals surface area contributed by atoms with Crippen LogP contribution in [0.2, 0.25) is 0 Å². The molecule has 0 aromatic carbocycles. The van der Waals surface area contributed by atoms with Crippen LogP contribution in [0, 0.1) is 0 Å². The molecule has 0 spiro atoms. The molecule has 3 N–H and O–H groups in total. The van der Waals surface area contributed by atoms with Gasteiger partial charge in [-0.25, -0.2) is 0 Å². The predicted octanol–water partition coefficient (Wildman–Crippen LogP) is -0.681. The third kappa shape index (κ3) is 1.94. The van der Waals surface area contributed by atoms with Crippen molar-refractivity contribution in [2.24, 2.45) is 0 Å². The molecule has 3 nitrogen and oxygen atoms in total. The summed E-state index contributed by atoms with van der Waals surface area (Å²) in [5, 5.41) is 15.4. The molecule has 0 saturated carbocycles. The van der Waals surface area contributed by atoms with Gasteiger partial charge in [0.25, 0.3) is 0 Å². The largest absolute Gasteiger partial charge is 0.395 e. The van der Waals surface area contributed by atoms with Gasteiger partial charge in [0.05, 0.1) is 6.61 Å². The average molecular weight is 144 g/mol. The smallest absolute Gasteiger partial charge is 0.0597 e. The lowest BCUT2D eigenvalue weighted by atomic mass is 10.1. The fraction of sp³-hybridized carbons (Fsp3) is 1.00. The monoisotopic (exact) mass is 144 g/mol. The van der Waals surface area contributed by atoms with E-state index in [4.69, 9.17) is 5.11 Å². The second-order valence-corrected chi connectivity index (χ2v) is 2.80. The Morgan fingerprint density at radius 3 is 2.30 bits per heavy atom. The Morgan fingerprint density at radius 2 is 1.90 bits per heavy atom. The molecular formula is C7H16N2O. The van der Waals surface area contributed by atoms with Gasteiger partial charge in [-0.05, 0) is 6.42 Å². The summed E-state index contributed by atoms with van der Waals surface area (Å²) in [7, 11) is 0. The summed E-state index contributed by atoms with van der Waals surface area (Å²) in [6.07, 6.45) is 1.16. The lowest BCUT2D eigenvalue weighted by Gasteiger charge is -2.29. The van der Waals surface area contributed by atoms with Gasteiger partial charge in [-0.1, -0.05) is 6.92 Å². The van der Waals surface area contributed by atoms with Crippen LogP contribution in [0.1, 0.15) is 13.3 Å². The zero-order chi connectivity index (χ0) is 7.40. The van der Waals surface area contributed by atoms with E-state index in [2.05, 4.69) is 17.6 Å². The summed E-state index contributed by atoms with van der Waals surface area (Å²) in [6.45, 7) is 4.29. The van der Waals surface area contributed by atoms with Crippen LogP contribution >= 0.6 is 0 Å². The van der Waals surface area contributed by atoms with Gasteiger partial charge >= 0.3 is 0 Å². The molecule has 0 aromatic heterocycles. The highest BCUT2D eigenvalue weighted by molar-refractivity contribution is 4.81. The normalized spacial score (nSPS) is 34.2. The Morgan fingerprint density at radius 1 is 1.30 bits per heavy atom. The highest BCUT2D eigenvalue weighted by Gasteiger charge is 2.16. The number of nitrogens with one attached hydrogen (secondary N) is 2. The lowest BCUT2D eigenvalue weighted by molar-refractivity contribution is 0.211. The topological polar surface area (TPSA) is 44.3 Å². The molecule has 0 radical (unpaired) electrons. The quantitative estimate of drug-likeness (QED) is 0.481. The van der Waals surface area contributed by atoms with Gasteiger partial charge < -0.3 is 15.7 Å². The molecule has 1 aliphatic heterocycles. The van der Waals surface area contributed by atoms with Crippen LogP contribution in [0.3, 0.4) is 0 Å². The van der Waals surface area contributed by atoms with Gasteiger partial charge in [0, 0.05) is 25.2 Å². The number of hydrogen-bond donors (Lipinski definition) is 3. The van der Waals surface area contributed by atoms with E-state index < -0.39 is 0 Å². The summed E-state index contributed by atoms with van der Waals surface area (Å²) >= 11 is 0. The van der Waals surface area contributed by atoms with Crippen molar-refractivity contribution >= 4 is 0 Å². The molecule has 0 bridgehead atoms. The van der Waals surface area contributed by atoms with Gasteiger partial charge in [-0.3, -0.25) is 0 Å². The first kappa shape index (κ1) is 7.98. The van der Waals surface area contributed by atoms with E-state index in [-0.39, 0.29) is 12.6 Å². The molecule has 10 heavy (non-hydrogen) atoms. The Bertz CT molecular complexity index is 77.6. The minimum atomic E-state index is 0.240. The summed E-state index contributed by atoms with van der Waals surface area (Å²) in [6, 6.07) is 0.866. The van der Waals surface area contributed by atoms with E-state index in [9.17, 15) is 0 Å². The Balaban J connectivity index is 2.17. The predicted molar refractivity (Wildman–Crippen MR) is 41.0 cm³/mol. The lowest BCUT2D eigenvalue weighted by Crippen LogP contribution is -2.55. The van der Waals surface area contributed by atoms with Crippen molar-refractivity contribution in [2.75, 3.05) is 19.7 Å². The molecule has 1 rings (SSSR count). The van der Waals surface area contributed by atoms with Crippen LogP contribution in [-0.4, -0.2) is 36.9 Å². The number of aliphatic hydroxyl groups is 1. The number of hydrogen-bond acceptors (Lipinski definition) is 3. The zero-order valence-electron chi connectivity index (χ0n) is 6.43. The molecule has 3 heteroatoms. The molecule has 0 amide bonds. The van der Waals surface area contributed by atoms with E-state index in [1.807, 2.05) is 0 Å². The molecule has 1 fully saturated rings. The van der Waals surface area contributed by atoms with Crippen LogP contribution in [0.25, 0.3) is 0 Å². The average Bonchev–Trinajstić information content (AvgIpc) is 2.05.